The molecule has 0 bridgehead atoms. The van der Waals surface area contributed by atoms with Crippen molar-refractivity contribution in [3.8, 4) is 0 Å². The van der Waals surface area contributed by atoms with E-state index in [1.165, 1.54) is 11.5 Å². The first-order chi connectivity index (χ1) is 4.79. The van der Waals surface area contributed by atoms with Gasteiger partial charge in [-0.2, -0.15) is 4.37 Å². The van der Waals surface area contributed by atoms with Crippen molar-refractivity contribution in [2.75, 3.05) is 5.75 Å². The van der Waals surface area contributed by atoms with Gasteiger partial charge in [-0.15, -0.1) is 0 Å². The number of hydrogen-bond donors (Lipinski definition) is 1. The van der Waals surface area contributed by atoms with Gasteiger partial charge in [0, 0.05) is 11.8 Å². The van der Waals surface area contributed by atoms with E-state index in [9.17, 15) is 0 Å². The Balaban J connectivity index is 2.28. The summed E-state index contributed by atoms with van der Waals surface area (Å²) in [6, 6.07) is 0.230. The minimum absolute atomic E-state index is 0.230. The number of nitrogens with two attached hydrogens (primary N) is 1. The monoisotopic (exact) mass is 175 g/mol. The standard InChI is InChI=1S/C5H9N3S2/c1-4(6)2-9-5-7-3-8-10-5/h3-4H,2,6H2,1H3. The quantitative estimate of drug-likeness (QED) is 0.696. The molecule has 0 fully saturated rings. The third-order valence-electron chi connectivity index (χ3n) is 0.811. The summed E-state index contributed by atoms with van der Waals surface area (Å²) in [6.45, 7) is 1.98. The van der Waals surface area contributed by atoms with Crippen LogP contribution in [0.25, 0.3) is 0 Å². The fourth-order valence-electron chi connectivity index (χ4n) is 0.429. The molecular weight excluding hydrogens is 166 g/mol. The van der Waals surface area contributed by atoms with Crippen molar-refractivity contribution in [2.45, 2.75) is 17.3 Å². The van der Waals surface area contributed by atoms with Gasteiger partial charge >= 0.3 is 0 Å². The Labute approximate surface area is 68.2 Å². The second kappa shape index (κ2) is 3.90. The molecule has 3 nitrogen and oxygen atoms in total. The highest BCUT2D eigenvalue weighted by atomic mass is 32.2. The van der Waals surface area contributed by atoms with E-state index in [0.29, 0.717) is 0 Å². The maximum Gasteiger partial charge on any atom is 0.169 e. The maximum atomic E-state index is 5.54. The lowest BCUT2D eigenvalue weighted by Gasteiger charge is -1.99. The molecular formula is C5H9N3S2. The van der Waals surface area contributed by atoms with Gasteiger partial charge in [0.15, 0.2) is 4.34 Å². The number of aromatic nitrogens is 2. The number of thioether (sulfide) groups is 1. The summed E-state index contributed by atoms with van der Waals surface area (Å²) in [5, 5.41) is 0. The Morgan fingerprint density at radius 2 is 2.70 bits per heavy atom. The topological polar surface area (TPSA) is 51.8 Å². The van der Waals surface area contributed by atoms with Crippen LogP contribution in [0.4, 0.5) is 0 Å². The van der Waals surface area contributed by atoms with E-state index < -0.39 is 0 Å². The van der Waals surface area contributed by atoms with Gasteiger partial charge in [0.25, 0.3) is 0 Å². The summed E-state index contributed by atoms with van der Waals surface area (Å²) in [6.07, 6.45) is 1.56. The summed E-state index contributed by atoms with van der Waals surface area (Å²) in [5.74, 6) is 0.912. The Morgan fingerprint density at radius 3 is 3.20 bits per heavy atom. The van der Waals surface area contributed by atoms with Crippen LogP contribution >= 0.6 is 23.3 Å². The molecule has 0 aromatic carbocycles. The zero-order valence-electron chi connectivity index (χ0n) is 5.65. The average molecular weight is 175 g/mol. The van der Waals surface area contributed by atoms with Gasteiger partial charge in [-0.05, 0) is 18.5 Å². The van der Waals surface area contributed by atoms with Crippen molar-refractivity contribution in [1.82, 2.24) is 9.36 Å². The first-order valence-corrected chi connectivity index (χ1v) is 4.70. The summed E-state index contributed by atoms with van der Waals surface area (Å²) in [4.78, 5) is 4.00. The van der Waals surface area contributed by atoms with E-state index in [1.807, 2.05) is 6.92 Å². The van der Waals surface area contributed by atoms with E-state index in [4.69, 9.17) is 5.73 Å². The molecule has 0 spiro atoms. The molecule has 0 saturated carbocycles. The molecule has 0 aliphatic rings. The van der Waals surface area contributed by atoms with Crippen LogP contribution in [-0.4, -0.2) is 21.2 Å². The fourth-order valence-corrected chi connectivity index (χ4v) is 1.78. The Bertz CT molecular complexity index is 173. The Morgan fingerprint density at radius 1 is 1.90 bits per heavy atom. The van der Waals surface area contributed by atoms with Crippen LogP contribution in [0.15, 0.2) is 10.7 Å². The summed E-state index contributed by atoms with van der Waals surface area (Å²) in [7, 11) is 0. The SMILES string of the molecule is CC(N)CSc1ncns1. The average Bonchev–Trinajstić information content (AvgIpc) is 2.34. The molecule has 0 amide bonds. The molecule has 0 saturated heterocycles. The largest absolute Gasteiger partial charge is 0.327 e. The minimum Gasteiger partial charge on any atom is -0.327 e. The lowest BCUT2D eigenvalue weighted by molar-refractivity contribution is 0.847. The van der Waals surface area contributed by atoms with Crippen molar-refractivity contribution in [1.29, 1.82) is 0 Å². The molecule has 1 atom stereocenters. The van der Waals surface area contributed by atoms with Crippen LogP contribution < -0.4 is 5.73 Å². The van der Waals surface area contributed by atoms with E-state index in [2.05, 4.69) is 9.36 Å². The fraction of sp³-hybridized carbons (Fsp3) is 0.600. The number of hydrogen-bond acceptors (Lipinski definition) is 5. The van der Waals surface area contributed by atoms with E-state index in [-0.39, 0.29) is 6.04 Å². The van der Waals surface area contributed by atoms with Gasteiger partial charge < -0.3 is 5.73 Å². The molecule has 0 aliphatic heterocycles. The highest BCUT2D eigenvalue weighted by Crippen LogP contribution is 2.17. The molecule has 56 valence electrons. The van der Waals surface area contributed by atoms with Crippen LogP contribution in [-0.2, 0) is 0 Å². The van der Waals surface area contributed by atoms with Crippen molar-refractivity contribution in [3.63, 3.8) is 0 Å². The second-order valence-electron chi connectivity index (χ2n) is 2.00. The second-order valence-corrected chi connectivity index (χ2v) is 4.04. The van der Waals surface area contributed by atoms with Crippen LogP contribution in [0, 0.1) is 0 Å². The minimum atomic E-state index is 0.230. The van der Waals surface area contributed by atoms with Gasteiger partial charge in [-0.1, -0.05) is 11.8 Å². The van der Waals surface area contributed by atoms with Gasteiger partial charge in [0.05, 0.1) is 0 Å². The van der Waals surface area contributed by atoms with Crippen molar-refractivity contribution in [2.24, 2.45) is 5.73 Å². The molecule has 1 rings (SSSR count). The highest BCUT2D eigenvalue weighted by Gasteiger charge is 1.98. The van der Waals surface area contributed by atoms with Crippen LogP contribution in [0.3, 0.4) is 0 Å². The summed E-state index contributed by atoms with van der Waals surface area (Å²) >= 11 is 3.07. The van der Waals surface area contributed by atoms with Gasteiger partial charge in [-0.25, -0.2) is 4.98 Å². The molecule has 5 heteroatoms. The number of rotatable bonds is 3. The predicted molar refractivity (Wildman–Crippen MR) is 44.3 cm³/mol. The molecule has 1 aromatic heterocycles. The van der Waals surface area contributed by atoms with Crippen LogP contribution in [0.1, 0.15) is 6.92 Å². The van der Waals surface area contributed by atoms with Gasteiger partial charge in [0.1, 0.15) is 6.33 Å². The molecule has 1 heterocycles. The summed E-state index contributed by atoms with van der Waals surface area (Å²) < 4.78 is 4.87. The van der Waals surface area contributed by atoms with Gasteiger partial charge in [0.2, 0.25) is 0 Å². The smallest absolute Gasteiger partial charge is 0.169 e. The molecule has 1 unspecified atom stereocenters. The third kappa shape index (κ3) is 2.64. The first kappa shape index (κ1) is 7.97. The predicted octanol–water partition coefficient (Wildman–Crippen LogP) is 0.977. The molecule has 0 aliphatic carbocycles. The van der Waals surface area contributed by atoms with E-state index in [1.54, 1.807) is 18.1 Å². The maximum absolute atomic E-state index is 5.54. The van der Waals surface area contributed by atoms with Crippen molar-refractivity contribution >= 4 is 23.3 Å². The lowest BCUT2D eigenvalue weighted by atomic mass is 10.4. The molecule has 1 aromatic rings. The van der Waals surface area contributed by atoms with Crippen molar-refractivity contribution < 1.29 is 0 Å². The summed E-state index contributed by atoms with van der Waals surface area (Å²) in [5.41, 5.74) is 5.54. The zero-order valence-corrected chi connectivity index (χ0v) is 7.28. The molecule has 2 N–H and O–H groups in total. The van der Waals surface area contributed by atoms with Crippen molar-refractivity contribution in [3.05, 3.63) is 6.33 Å². The molecule has 0 radical (unpaired) electrons. The number of nitrogens with zero attached hydrogens (tertiary/aromatic N) is 2. The van der Waals surface area contributed by atoms with Gasteiger partial charge in [-0.3, -0.25) is 0 Å². The van der Waals surface area contributed by atoms with E-state index >= 15 is 0 Å². The normalized spacial score (nSPS) is 13.4. The zero-order chi connectivity index (χ0) is 7.40. The van der Waals surface area contributed by atoms with Crippen LogP contribution in [0.5, 0.6) is 0 Å². The Hall–Kier alpha value is -0.130. The highest BCUT2D eigenvalue weighted by molar-refractivity contribution is 8.00. The first-order valence-electron chi connectivity index (χ1n) is 2.94. The van der Waals surface area contributed by atoms with Crippen LogP contribution in [0.2, 0.25) is 0 Å². The Kier molecular flexibility index (Phi) is 3.11. The third-order valence-corrected chi connectivity index (χ3v) is 2.89. The molecule has 10 heavy (non-hydrogen) atoms. The lowest BCUT2D eigenvalue weighted by Crippen LogP contribution is -2.17. The van der Waals surface area contributed by atoms with E-state index in [0.717, 1.165) is 10.1 Å².